The van der Waals surface area contributed by atoms with E-state index in [0.29, 0.717) is 0 Å². The summed E-state index contributed by atoms with van der Waals surface area (Å²) in [5.41, 5.74) is 0.775. The average Bonchev–Trinajstić information content (AvgIpc) is 2.94. The van der Waals surface area contributed by atoms with E-state index in [4.69, 9.17) is 0 Å². The fourth-order valence-corrected chi connectivity index (χ4v) is 2.66. The number of nitrogens with zero attached hydrogens (tertiary/aromatic N) is 3. The molecule has 1 aromatic heterocycles. The predicted octanol–water partition coefficient (Wildman–Crippen LogP) is 3.49. The van der Waals surface area contributed by atoms with Crippen LogP contribution in [0.1, 0.15) is 39.5 Å². The third-order valence-electron chi connectivity index (χ3n) is 4.06. The second-order valence-electron chi connectivity index (χ2n) is 5.50. The number of nitriles is 1. The van der Waals surface area contributed by atoms with Crippen molar-refractivity contribution in [1.29, 1.82) is 5.26 Å². The first kappa shape index (κ1) is 15.5. The molecule has 1 N–H and O–H groups in total. The van der Waals surface area contributed by atoms with Gasteiger partial charge in [0.25, 0.3) is 0 Å². The van der Waals surface area contributed by atoms with Crippen molar-refractivity contribution in [1.82, 2.24) is 15.1 Å². The lowest BCUT2D eigenvalue weighted by Crippen LogP contribution is -2.43. The van der Waals surface area contributed by atoms with Crippen LogP contribution in [0.5, 0.6) is 0 Å². The first-order valence-corrected chi connectivity index (χ1v) is 7.81. The summed E-state index contributed by atoms with van der Waals surface area (Å²) in [4.78, 5) is 0. The van der Waals surface area contributed by atoms with Crippen LogP contribution in [0.2, 0.25) is 0 Å². The molecule has 2 rings (SSSR count). The van der Waals surface area contributed by atoms with E-state index in [-0.39, 0.29) is 5.54 Å². The molecule has 0 bridgehead atoms. The lowest BCUT2D eigenvalue weighted by Gasteiger charge is -2.26. The van der Waals surface area contributed by atoms with Crippen molar-refractivity contribution in [2.24, 2.45) is 0 Å². The number of hydrogen-bond donors (Lipinski definition) is 1. The first-order chi connectivity index (χ1) is 10.2. The standard InChI is InChI=1S/C17H24N4/c1-3-11-19-17(4-2,14-18)10-7-12-21-16-9-6-5-8-15(16)13-20-21/h5-6,8-9,13,19H,3-4,7,10-12H2,1-2H3. The van der Waals surface area contributed by atoms with Crippen molar-refractivity contribution in [3.05, 3.63) is 30.5 Å². The van der Waals surface area contributed by atoms with Crippen LogP contribution in [-0.4, -0.2) is 21.9 Å². The smallest absolute Gasteiger partial charge is 0.106 e. The Bertz CT molecular complexity index is 611. The Morgan fingerprint density at radius 3 is 2.86 bits per heavy atom. The zero-order valence-electron chi connectivity index (χ0n) is 13.0. The third-order valence-corrected chi connectivity index (χ3v) is 4.06. The zero-order valence-corrected chi connectivity index (χ0v) is 13.0. The largest absolute Gasteiger partial charge is 0.299 e. The Kier molecular flexibility index (Phi) is 5.35. The minimum Gasteiger partial charge on any atom is -0.299 e. The molecule has 1 aromatic carbocycles. The van der Waals surface area contributed by atoms with Crippen LogP contribution in [0, 0.1) is 11.3 Å². The maximum Gasteiger partial charge on any atom is 0.106 e. The van der Waals surface area contributed by atoms with E-state index >= 15 is 0 Å². The van der Waals surface area contributed by atoms with Crippen LogP contribution in [-0.2, 0) is 6.54 Å². The van der Waals surface area contributed by atoms with Gasteiger partial charge in [-0.2, -0.15) is 10.4 Å². The van der Waals surface area contributed by atoms with Gasteiger partial charge in [-0.15, -0.1) is 0 Å². The van der Waals surface area contributed by atoms with Crippen molar-refractivity contribution in [3.8, 4) is 6.07 Å². The average molecular weight is 284 g/mol. The first-order valence-electron chi connectivity index (χ1n) is 7.81. The molecule has 0 spiro atoms. The van der Waals surface area contributed by atoms with Crippen LogP contribution in [0.4, 0.5) is 0 Å². The van der Waals surface area contributed by atoms with E-state index in [1.165, 1.54) is 5.39 Å². The summed E-state index contributed by atoms with van der Waals surface area (Å²) >= 11 is 0. The van der Waals surface area contributed by atoms with Gasteiger partial charge in [-0.05, 0) is 38.3 Å². The molecule has 0 aliphatic carbocycles. The molecule has 112 valence electrons. The van der Waals surface area contributed by atoms with Crippen molar-refractivity contribution >= 4 is 10.9 Å². The molecule has 1 unspecified atom stereocenters. The molecule has 4 heteroatoms. The van der Waals surface area contributed by atoms with Gasteiger partial charge in [0, 0.05) is 11.9 Å². The Morgan fingerprint density at radius 1 is 1.33 bits per heavy atom. The normalized spacial score (nSPS) is 14.0. The molecule has 0 amide bonds. The van der Waals surface area contributed by atoms with Crippen molar-refractivity contribution in [3.63, 3.8) is 0 Å². The number of aryl methyl sites for hydroxylation is 1. The van der Waals surface area contributed by atoms with E-state index in [0.717, 1.165) is 44.3 Å². The van der Waals surface area contributed by atoms with Crippen LogP contribution in [0.3, 0.4) is 0 Å². The molecular weight excluding hydrogens is 260 g/mol. The maximum atomic E-state index is 9.50. The monoisotopic (exact) mass is 284 g/mol. The third kappa shape index (κ3) is 3.62. The number of rotatable bonds is 8. The van der Waals surface area contributed by atoms with Gasteiger partial charge in [0.2, 0.25) is 0 Å². The second kappa shape index (κ2) is 7.24. The highest BCUT2D eigenvalue weighted by molar-refractivity contribution is 5.78. The van der Waals surface area contributed by atoms with Crippen molar-refractivity contribution in [2.75, 3.05) is 6.54 Å². The lowest BCUT2D eigenvalue weighted by atomic mass is 9.92. The zero-order chi connectivity index (χ0) is 15.1. The Labute approximate surface area is 126 Å². The van der Waals surface area contributed by atoms with Gasteiger partial charge in [-0.1, -0.05) is 32.0 Å². The van der Waals surface area contributed by atoms with Gasteiger partial charge >= 0.3 is 0 Å². The summed E-state index contributed by atoms with van der Waals surface area (Å²) in [7, 11) is 0. The van der Waals surface area contributed by atoms with Crippen molar-refractivity contribution < 1.29 is 0 Å². The SMILES string of the molecule is CCCNC(C#N)(CC)CCCn1ncc2ccccc21. The molecule has 21 heavy (non-hydrogen) atoms. The Morgan fingerprint density at radius 2 is 2.14 bits per heavy atom. The number of nitrogens with one attached hydrogen (secondary N) is 1. The highest BCUT2D eigenvalue weighted by atomic mass is 15.3. The predicted molar refractivity (Wildman–Crippen MR) is 85.9 cm³/mol. The molecule has 0 aliphatic heterocycles. The number of aromatic nitrogens is 2. The molecule has 0 saturated heterocycles. The fraction of sp³-hybridized carbons (Fsp3) is 0.529. The minimum absolute atomic E-state index is 0.390. The summed E-state index contributed by atoms with van der Waals surface area (Å²) in [6.07, 6.45) is 5.59. The lowest BCUT2D eigenvalue weighted by molar-refractivity contribution is 0.353. The van der Waals surface area contributed by atoms with Gasteiger partial charge in [0.05, 0.1) is 17.8 Å². The van der Waals surface area contributed by atoms with Crippen LogP contribution >= 0.6 is 0 Å². The van der Waals surface area contributed by atoms with E-state index in [2.05, 4.69) is 42.5 Å². The van der Waals surface area contributed by atoms with Gasteiger partial charge in [0.1, 0.15) is 5.54 Å². The molecule has 4 nitrogen and oxygen atoms in total. The quantitative estimate of drug-likeness (QED) is 0.807. The summed E-state index contributed by atoms with van der Waals surface area (Å²) in [6, 6.07) is 10.7. The summed E-state index contributed by atoms with van der Waals surface area (Å²) < 4.78 is 2.03. The molecule has 1 heterocycles. The Balaban J connectivity index is 1.97. The molecular formula is C17H24N4. The van der Waals surface area contributed by atoms with Crippen LogP contribution in [0.15, 0.2) is 30.5 Å². The molecule has 0 aliphatic rings. The van der Waals surface area contributed by atoms with Gasteiger partial charge in [-0.3, -0.25) is 10.00 Å². The topological polar surface area (TPSA) is 53.6 Å². The van der Waals surface area contributed by atoms with E-state index < -0.39 is 0 Å². The van der Waals surface area contributed by atoms with Crippen LogP contribution < -0.4 is 5.32 Å². The van der Waals surface area contributed by atoms with Crippen LogP contribution in [0.25, 0.3) is 10.9 Å². The summed E-state index contributed by atoms with van der Waals surface area (Å²) in [5.74, 6) is 0. The van der Waals surface area contributed by atoms with Gasteiger partial charge in [0.15, 0.2) is 0 Å². The number of hydrogen-bond acceptors (Lipinski definition) is 3. The summed E-state index contributed by atoms with van der Waals surface area (Å²) in [6.45, 7) is 5.95. The molecule has 2 aromatic rings. The second-order valence-corrected chi connectivity index (χ2v) is 5.50. The molecule has 0 saturated carbocycles. The molecule has 0 fully saturated rings. The minimum atomic E-state index is -0.390. The highest BCUT2D eigenvalue weighted by Crippen LogP contribution is 2.19. The molecule has 0 radical (unpaired) electrons. The van der Waals surface area contributed by atoms with E-state index in [9.17, 15) is 5.26 Å². The fourth-order valence-electron chi connectivity index (χ4n) is 2.66. The number of fused-ring (bicyclic) bond motifs is 1. The maximum absolute atomic E-state index is 9.50. The number of para-hydroxylation sites is 1. The van der Waals surface area contributed by atoms with E-state index in [1.807, 2.05) is 23.0 Å². The van der Waals surface area contributed by atoms with Crippen molar-refractivity contribution in [2.45, 2.75) is 51.6 Å². The number of benzene rings is 1. The molecule has 1 atom stereocenters. The van der Waals surface area contributed by atoms with E-state index in [1.54, 1.807) is 0 Å². The highest BCUT2D eigenvalue weighted by Gasteiger charge is 2.26. The summed E-state index contributed by atoms with van der Waals surface area (Å²) in [5, 5.41) is 18.5. The van der Waals surface area contributed by atoms with Gasteiger partial charge in [-0.25, -0.2) is 0 Å². The Hall–Kier alpha value is -1.86. The van der Waals surface area contributed by atoms with Gasteiger partial charge < -0.3 is 0 Å².